The third-order valence-electron chi connectivity index (χ3n) is 4.23. The van der Waals surface area contributed by atoms with Gasteiger partial charge < -0.3 is 4.84 Å². The molecule has 2 aromatic carbocycles. The van der Waals surface area contributed by atoms with Crippen molar-refractivity contribution in [3.05, 3.63) is 83.9 Å². The molecule has 4 heteroatoms. The molecule has 1 unspecified atom stereocenters. The van der Waals surface area contributed by atoms with Crippen molar-refractivity contribution in [2.45, 2.75) is 5.72 Å². The van der Waals surface area contributed by atoms with Gasteiger partial charge in [-0.2, -0.15) is 5.01 Å². The first kappa shape index (κ1) is 15.5. The predicted octanol–water partition coefficient (Wildman–Crippen LogP) is 3.24. The first-order valence-corrected chi connectivity index (χ1v) is 7.55. The Kier molecular flexibility index (Phi) is 4.03. The molecule has 4 nitrogen and oxygen atoms in total. The van der Waals surface area contributed by atoms with Crippen molar-refractivity contribution in [1.82, 2.24) is 10.0 Å². The fraction of sp³-hybridized carbons (Fsp3) is 0.211. The highest BCUT2D eigenvalue weighted by atomic mass is 16.7. The molecule has 3 rings (SSSR count). The van der Waals surface area contributed by atoms with Gasteiger partial charge in [0, 0.05) is 37.8 Å². The van der Waals surface area contributed by atoms with Gasteiger partial charge in [0.2, 0.25) is 0 Å². The van der Waals surface area contributed by atoms with Crippen LogP contribution in [0.25, 0.3) is 0 Å². The molecule has 0 amide bonds. The van der Waals surface area contributed by atoms with Crippen LogP contribution < -0.4 is 0 Å². The number of hydrogen-bond donors (Lipinski definition) is 0. The van der Waals surface area contributed by atoms with Crippen LogP contribution in [0.1, 0.15) is 11.1 Å². The molecular formula is C19H21N3O. The van der Waals surface area contributed by atoms with Crippen LogP contribution in [0.2, 0.25) is 0 Å². The standard InChI is InChI=1S/C19H21N3O/c1-15-18(16-11-7-5-8-12-16)20-23-19(15,22(4)21(2)3)17-13-9-6-10-14-17/h5-14H,1H2,2-4H3. The van der Waals surface area contributed by atoms with Crippen molar-refractivity contribution in [1.29, 1.82) is 0 Å². The molecule has 0 fully saturated rings. The summed E-state index contributed by atoms with van der Waals surface area (Å²) in [6, 6.07) is 20.1. The van der Waals surface area contributed by atoms with Gasteiger partial charge in [0.1, 0.15) is 5.71 Å². The van der Waals surface area contributed by atoms with E-state index >= 15 is 0 Å². The number of nitrogens with zero attached hydrogens (tertiary/aromatic N) is 3. The summed E-state index contributed by atoms with van der Waals surface area (Å²) in [6.45, 7) is 4.32. The average Bonchev–Trinajstić information content (AvgIpc) is 2.94. The number of hydrazine groups is 1. The van der Waals surface area contributed by atoms with E-state index in [4.69, 9.17) is 4.84 Å². The maximum atomic E-state index is 6.00. The van der Waals surface area contributed by atoms with Gasteiger partial charge >= 0.3 is 0 Å². The number of rotatable bonds is 4. The molecule has 0 spiro atoms. The van der Waals surface area contributed by atoms with Crippen molar-refractivity contribution in [3.8, 4) is 0 Å². The lowest BCUT2D eigenvalue weighted by Crippen LogP contribution is -2.51. The maximum absolute atomic E-state index is 6.00. The lowest BCUT2D eigenvalue weighted by atomic mass is 9.89. The smallest absolute Gasteiger partial charge is 0.256 e. The molecule has 1 atom stereocenters. The Morgan fingerprint density at radius 1 is 0.913 bits per heavy atom. The molecule has 0 saturated carbocycles. The monoisotopic (exact) mass is 307 g/mol. The zero-order valence-corrected chi connectivity index (χ0v) is 13.7. The third kappa shape index (κ3) is 2.46. The molecular weight excluding hydrogens is 286 g/mol. The highest BCUT2D eigenvalue weighted by Crippen LogP contribution is 2.42. The summed E-state index contributed by atoms with van der Waals surface area (Å²) in [6.07, 6.45) is 0. The van der Waals surface area contributed by atoms with Crippen LogP contribution in [0.4, 0.5) is 0 Å². The van der Waals surface area contributed by atoms with Crippen molar-refractivity contribution in [2.75, 3.05) is 21.1 Å². The Balaban J connectivity index is 2.08. The van der Waals surface area contributed by atoms with E-state index in [1.54, 1.807) is 0 Å². The molecule has 0 aliphatic carbocycles. The number of benzene rings is 2. The minimum Gasteiger partial charge on any atom is -0.361 e. The van der Waals surface area contributed by atoms with Crippen molar-refractivity contribution >= 4 is 5.71 Å². The van der Waals surface area contributed by atoms with Crippen LogP contribution in [-0.2, 0) is 10.6 Å². The van der Waals surface area contributed by atoms with E-state index in [2.05, 4.69) is 11.7 Å². The Hall–Kier alpha value is -2.43. The fourth-order valence-corrected chi connectivity index (χ4v) is 2.82. The summed E-state index contributed by atoms with van der Waals surface area (Å²) in [5, 5.41) is 8.35. The van der Waals surface area contributed by atoms with Gasteiger partial charge in [-0.1, -0.05) is 72.4 Å². The van der Waals surface area contributed by atoms with E-state index in [-0.39, 0.29) is 0 Å². The molecule has 0 N–H and O–H groups in total. The van der Waals surface area contributed by atoms with Gasteiger partial charge in [-0.05, 0) is 0 Å². The number of likely N-dealkylation sites (N-methyl/N-ethyl adjacent to an activating group) is 1. The Bertz CT molecular complexity index is 725. The fourth-order valence-electron chi connectivity index (χ4n) is 2.82. The van der Waals surface area contributed by atoms with Gasteiger partial charge in [0.25, 0.3) is 5.72 Å². The van der Waals surface area contributed by atoms with E-state index < -0.39 is 5.72 Å². The molecule has 0 saturated heterocycles. The maximum Gasteiger partial charge on any atom is 0.256 e. The zero-order valence-electron chi connectivity index (χ0n) is 13.7. The van der Waals surface area contributed by atoms with E-state index in [9.17, 15) is 0 Å². The van der Waals surface area contributed by atoms with Crippen LogP contribution >= 0.6 is 0 Å². The SMILES string of the molecule is C=C1C(c2ccccc2)=NOC1(c1ccccc1)N(C)N(C)C. The Labute approximate surface area is 137 Å². The van der Waals surface area contributed by atoms with Crippen LogP contribution in [0.15, 0.2) is 78.0 Å². The summed E-state index contributed by atoms with van der Waals surface area (Å²) >= 11 is 0. The van der Waals surface area contributed by atoms with E-state index in [0.29, 0.717) is 0 Å². The average molecular weight is 307 g/mol. The van der Waals surface area contributed by atoms with Crippen molar-refractivity contribution in [3.63, 3.8) is 0 Å². The second kappa shape index (κ2) is 5.99. The van der Waals surface area contributed by atoms with Gasteiger partial charge in [0.05, 0.1) is 0 Å². The molecule has 118 valence electrons. The first-order chi connectivity index (χ1) is 11.1. The second-order valence-electron chi connectivity index (χ2n) is 5.76. The second-order valence-corrected chi connectivity index (χ2v) is 5.76. The summed E-state index contributed by atoms with van der Waals surface area (Å²) in [7, 11) is 5.92. The molecule has 2 aromatic rings. The van der Waals surface area contributed by atoms with E-state index in [1.807, 2.05) is 91.8 Å². The predicted molar refractivity (Wildman–Crippen MR) is 92.8 cm³/mol. The van der Waals surface area contributed by atoms with Crippen LogP contribution in [0, 0.1) is 0 Å². The molecule has 23 heavy (non-hydrogen) atoms. The van der Waals surface area contributed by atoms with Crippen LogP contribution in [0.3, 0.4) is 0 Å². The third-order valence-corrected chi connectivity index (χ3v) is 4.23. The zero-order chi connectivity index (χ0) is 16.4. The molecule has 1 heterocycles. The Morgan fingerprint density at radius 2 is 1.48 bits per heavy atom. The topological polar surface area (TPSA) is 28.1 Å². The lowest BCUT2D eigenvalue weighted by molar-refractivity contribution is -0.187. The van der Waals surface area contributed by atoms with E-state index in [1.165, 1.54) is 0 Å². The minimum absolute atomic E-state index is 0.781. The number of hydrogen-bond acceptors (Lipinski definition) is 4. The lowest BCUT2D eigenvalue weighted by Gasteiger charge is -2.40. The van der Waals surface area contributed by atoms with Crippen molar-refractivity contribution < 1.29 is 4.84 Å². The summed E-state index contributed by atoms with van der Waals surface area (Å²) in [5.41, 5.74) is 2.77. The molecule has 0 bridgehead atoms. The van der Waals surface area contributed by atoms with E-state index in [0.717, 1.165) is 22.4 Å². The summed E-state index contributed by atoms with van der Waals surface area (Å²) in [4.78, 5) is 6.00. The Morgan fingerprint density at radius 3 is 2.04 bits per heavy atom. The molecule has 0 radical (unpaired) electrons. The van der Waals surface area contributed by atoms with Gasteiger partial charge in [-0.3, -0.25) is 0 Å². The highest BCUT2D eigenvalue weighted by molar-refractivity contribution is 6.14. The quantitative estimate of drug-likeness (QED) is 0.812. The van der Waals surface area contributed by atoms with Gasteiger partial charge in [0.15, 0.2) is 0 Å². The van der Waals surface area contributed by atoms with Crippen LogP contribution in [0.5, 0.6) is 0 Å². The van der Waals surface area contributed by atoms with Gasteiger partial charge in [-0.25, -0.2) is 5.01 Å². The molecule has 0 aromatic heterocycles. The first-order valence-electron chi connectivity index (χ1n) is 7.55. The minimum atomic E-state index is -0.837. The molecule has 1 aliphatic rings. The van der Waals surface area contributed by atoms with Crippen LogP contribution in [-0.4, -0.2) is 36.9 Å². The largest absolute Gasteiger partial charge is 0.361 e. The molecule has 1 aliphatic heterocycles. The number of oxime groups is 1. The van der Waals surface area contributed by atoms with Gasteiger partial charge in [-0.15, -0.1) is 0 Å². The summed E-state index contributed by atoms with van der Waals surface area (Å²) in [5.74, 6) is 0. The van der Waals surface area contributed by atoms with Crippen molar-refractivity contribution in [2.24, 2.45) is 5.16 Å². The summed E-state index contributed by atoms with van der Waals surface area (Å²) < 4.78 is 0. The normalized spacial score (nSPS) is 20.7. The highest BCUT2D eigenvalue weighted by Gasteiger charge is 2.49.